The lowest BCUT2D eigenvalue weighted by atomic mass is 10.0. The van der Waals surface area contributed by atoms with Gasteiger partial charge >= 0.3 is 0 Å². The Morgan fingerprint density at radius 1 is 1.37 bits per heavy atom. The van der Waals surface area contributed by atoms with Crippen LogP contribution in [0, 0.1) is 5.41 Å². The number of nitrogens with zero attached hydrogens (tertiary/aromatic N) is 1. The second-order valence-corrected chi connectivity index (χ2v) is 5.11. The van der Waals surface area contributed by atoms with Gasteiger partial charge in [-0.3, -0.25) is 0 Å². The Bertz CT molecular complexity index is 416. The topological polar surface area (TPSA) is 79.9 Å². The number of para-hydroxylation sites is 1. The lowest BCUT2D eigenvalue weighted by molar-refractivity contribution is 0.304. The second-order valence-electron chi connectivity index (χ2n) is 5.11. The van der Waals surface area contributed by atoms with Gasteiger partial charge in [0.05, 0.1) is 0 Å². The summed E-state index contributed by atoms with van der Waals surface area (Å²) in [5, 5.41) is 15.0. The lowest BCUT2D eigenvalue weighted by Gasteiger charge is -2.15. The normalized spacial score (nSPS) is 17.2. The Balaban J connectivity index is 1.60. The molecule has 0 heterocycles. The van der Waals surface area contributed by atoms with E-state index < -0.39 is 0 Å². The number of nitrogens with one attached hydrogen (secondary N) is 1. The number of nitrogens with two attached hydrogens (primary N) is 1. The monoisotopic (exact) mass is 263 g/mol. The summed E-state index contributed by atoms with van der Waals surface area (Å²) in [7, 11) is 0. The van der Waals surface area contributed by atoms with Gasteiger partial charge in [0.2, 0.25) is 0 Å². The number of ether oxygens (including phenoxy) is 1. The van der Waals surface area contributed by atoms with Crippen molar-refractivity contribution in [3.63, 3.8) is 0 Å². The van der Waals surface area contributed by atoms with Crippen LogP contribution in [0.5, 0.6) is 5.75 Å². The largest absolute Gasteiger partial charge is 0.492 e. The van der Waals surface area contributed by atoms with E-state index in [1.807, 2.05) is 30.3 Å². The molecule has 0 aromatic heterocycles. The van der Waals surface area contributed by atoms with Crippen molar-refractivity contribution in [1.82, 2.24) is 5.32 Å². The van der Waals surface area contributed by atoms with Crippen molar-refractivity contribution in [2.45, 2.75) is 19.3 Å². The van der Waals surface area contributed by atoms with E-state index in [0.29, 0.717) is 18.9 Å². The fraction of sp³-hybridized carbons (Fsp3) is 0.500. The van der Waals surface area contributed by atoms with Crippen molar-refractivity contribution < 1.29 is 9.94 Å². The third kappa shape index (κ3) is 4.44. The predicted molar refractivity (Wildman–Crippen MR) is 74.5 cm³/mol. The van der Waals surface area contributed by atoms with E-state index in [0.717, 1.165) is 31.7 Å². The predicted octanol–water partition coefficient (Wildman–Crippen LogP) is 1.57. The number of rotatable bonds is 8. The van der Waals surface area contributed by atoms with E-state index in [4.69, 9.17) is 15.7 Å². The summed E-state index contributed by atoms with van der Waals surface area (Å²) in [5.74, 6) is 1.21. The molecule has 1 aromatic carbocycles. The Kier molecular flexibility index (Phi) is 4.63. The van der Waals surface area contributed by atoms with Crippen LogP contribution in [0.25, 0.3) is 0 Å². The molecule has 0 bridgehead atoms. The summed E-state index contributed by atoms with van der Waals surface area (Å²) in [6, 6.07) is 9.77. The molecule has 2 rings (SSSR count). The molecule has 5 nitrogen and oxygen atoms in total. The van der Waals surface area contributed by atoms with Crippen LogP contribution in [-0.4, -0.2) is 30.7 Å². The van der Waals surface area contributed by atoms with E-state index >= 15 is 0 Å². The van der Waals surface area contributed by atoms with Gasteiger partial charge in [-0.15, -0.1) is 0 Å². The SMILES string of the molecule is NC(CC1(CNCCOc2ccccc2)CC1)=NO. The molecular formula is C14H21N3O2. The highest BCUT2D eigenvalue weighted by Crippen LogP contribution is 2.48. The zero-order valence-electron chi connectivity index (χ0n) is 11.0. The minimum atomic E-state index is 0.197. The molecule has 1 aromatic rings. The van der Waals surface area contributed by atoms with Crippen molar-refractivity contribution in [3.8, 4) is 5.75 Å². The summed E-state index contributed by atoms with van der Waals surface area (Å²) in [6.07, 6.45) is 2.93. The quantitative estimate of drug-likeness (QED) is 0.219. The van der Waals surface area contributed by atoms with Crippen molar-refractivity contribution in [2.24, 2.45) is 16.3 Å². The average molecular weight is 263 g/mol. The summed E-state index contributed by atoms with van der Waals surface area (Å²) in [5.41, 5.74) is 5.75. The minimum absolute atomic E-state index is 0.197. The third-order valence-electron chi connectivity index (χ3n) is 3.43. The van der Waals surface area contributed by atoms with E-state index in [9.17, 15) is 0 Å². The van der Waals surface area contributed by atoms with E-state index in [1.165, 1.54) is 0 Å². The lowest BCUT2D eigenvalue weighted by Crippen LogP contribution is -2.31. The Morgan fingerprint density at radius 3 is 2.74 bits per heavy atom. The fourth-order valence-electron chi connectivity index (χ4n) is 2.12. The molecule has 0 amide bonds. The number of hydrogen-bond acceptors (Lipinski definition) is 4. The Morgan fingerprint density at radius 2 is 2.11 bits per heavy atom. The fourth-order valence-corrected chi connectivity index (χ4v) is 2.12. The van der Waals surface area contributed by atoms with Gasteiger partial charge < -0.3 is 21.0 Å². The molecule has 104 valence electrons. The van der Waals surface area contributed by atoms with Crippen LogP contribution >= 0.6 is 0 Å². The number of hydrogen-bond donors (Lipinski definition) is 3. The van der Waals surface area contributed by atoms with Crippen LogP contribution in [0.15, 0.2) is 35.5 Å². The summed E-state index contributed by atoms with van der Waals surface area (Å²) >= 11 is 0. The van der Waals surface area contributed by atoms with Crippen LogP contribution in [0.2, 0.25) is 0 Å². The maximum Gasteiger partial charge on any atom is 0.139 e. The average Bonchev–Trinajstić information content (AvgIpc) is 3.19. The molecule has 5 heteroatoms. The van der Waals surface area contributed by atoms with Gasteiger partial charge in [-0.2, -0.15) is 0 Å². The van der Waals surface area contributed by atoms with Crippen LogP contribution in [0.3, 0.4) is 0 Å². The zero-order chi connectivity index (χ0) is 13.6. The van der Waals surface area contributed by atoms with Crippen LogP contribution in [0.4, 0.5) is 0 Å². The Hall–Kier alpha value is -1.75. The van der Waals surface area contributed by atoms with Crippen molar-refractivity contribution in [2.75, 3.05) is 19.7 Å². The van der Waals surface area contributed by atoms with Crippen LogP contribution in [-0.2, 0) is 0 Å². The molecule has 0 unspecified atom stereocenters. The highest BCUT2D eigenvalue weighted by Gasteiger charge is 2.42. The molecule has 0 atom stereocenters. The Labute approximate surface area is 113 Å². The van der Waals surface area contributed by atoms with Gasteiger partial charge in [-0.25, -0.2) is 0 Å². The molecule has 0 saturated heterocycles. The third-order valence-corrected chi connectivity index (χ3v) is 3.43. The molecule has 1 fully saturated rings. The van der Waals surface area contributed by atoms with Crippen LogP contribution in [0.1, 0.15) is 19.3 Å². The minimum Gasteiger partial charge on any atom is -0.492 e. The van der Waals surface area contributed by atoms with Crippen molar-refractivity contribution in [3.05, 3.63) is 30.3 Å². The molecular weight excluding hydrogens is 242 g/mol. The highest BCUT2D eigenvalue weighted by molar-refractivity contribution is 5.80. The first kappa shape index (κ1) is 13.7. The van der Waals surface area contributed by atoms with Gasteiger partial charge in [0.15, 0.2) is 0 Å². The number of amidine groups is 1. The number of benzene rings is 1. The molecule has 1 aliphatic carbocycles. The second kappa shape index (κ2) is 6.43. The standard InChI is InChI=1S/C14H21N3O2/c15-13(17-18)10-14(6-7-14)11-16-8-9-19-12-4-2-1-3-5-12/h1-5,16,18H,6-11H2,(H2,15,17). The molecule has 1 saturated carbocycles. The van der Waals surface area contributed by atoms with Gasteiger partial charge in [-0.1, -0.05) is 23.4 Å². The summed E-state index contributed by atoms with van der Waals surface area (Å²) in [4.78, 5) is 0. The van der Waals surface area contributed by atoms with Crippen LogP contribution < -0.4 is 15.8 Å². The molecule has 4 N–H and O–H groups in total. The van der Waals surface area contributed by atoms with E-state index in [1.54, 1.807) is 0 Å². The van der Waals surface area contributed by atoms with Crippen molar-refractivity contribution in [1.29, 1.82) is 0 Å². The van der Waals surface area contributed by atoms with Gasteiger partial charge in [-0.05, 0) is 30.4 Å². The van der Waals surface area contributed by atoms with Gasteiger partial charge in [0.1, 0.15) is 18.2 Å². The zero-order valence-corrected chi connectivity index (χ0v) is 11.0. The van der Waals surface area contributed by atoms with Crippen molar-refractivity contribution >= 4 is 5.84 Å². The molecule has 19 heavy (non-hydrogen) atoms. The van der Waals surface area contributed by atoms with Gasteiger partial charge in [0.25, 0.3) is 0 Å². The highest BCUT2D eigenvalue weighted by atomic mass is 16.5. The van der Waals surface area contributed by atoms with E-state index in [2.05, 4.69) is 10.5 Å². The summed E-state index contributed by atoms with van der Waals surface area (Å²) in [6.45, 7) is 2.33. The first-order valence-corrected chi connectivity index (χ1v) is 6.59. The maximum absolute atomic E-state index is 8.58. The summed E-state index contributed by atoms with van der Waals surface area (Å²) < 4.78 is 5.59. The molecule has 0 spiro atoms. The van der Waals surface area contributed by atoms with Gasteiger partial charge in [0, 0.05) is 19.5 Å². The first-order valence-electron chi connectivity index (χ1n) is 6.59. The smallest absolute Gasteiger partial charge is 0.139 e. The first-order chi connectivity index (χ1) is 9.24. The molecule has 0 aliphatic heterocycles. The van der Waals surface area contributed by atoms with E-state index in [-0.39, 0.29) is 5.41 Å². The maximum atomic E-state index is 8.58. The molecule has 1 aliphatic rings. The number of oxime groups is 1. The molecule has 0 radical (unpaired) electrons.